The zero-order chi connectivity index (χ0) is 26.4. The van der Waals surface area contributed by atoms with E-state index in [9.17, 15) is 9.59 Å². The number of carbonyl (C=O) groups excluding carboxylic acids is 2. The van der Waals surface area contributed by atoms with Crippen LogP contribution < -0.4 is 20.3 Å². The molecule has 4 atom stereocenters. The highest BCUT2D eigenvalue weighted by atomic mass is 32.2. The van der Waals surface area contributed by atoms with Gasteiger partial charge in [-0.2, -0.15) is 0 Å². The number of likely N-dealkylation sites (N-methyl/N-ethyl adjacent to an activating group) is 1. The smallest absolute Gasteiger partial charge is 0.327 e. The van der Waals surface area contributed by atoms with Crippen LogP contribution in [-0.2, 0) is 4.79 Å². The van der Waals surface area contributed by atoms with Crippen LogP contribution in [0.2, 0.25) is 0 Å². The molecule has 4 unspecified atom stereocenters. The lowest BCUT2D eigenvalue weighted by molar-refractivity contribution is -0.122. The Morgan fingerprint density at radius 1 is 1.11 bits per heavy atom. The number of ether oxygens (including phenoxy) is 1. The summed E-state index contributed by atoms with van der Waals surface area (Å²) in [5, 5.41) is 6.68. The van der Waals surface area contributed by atoms with E-state index in [4.69, 9.17) is 4.74 Å². The minimum atomic E-state index is -0.461. The van der Waals surface area contributed by atoms with Gasteiger partial charge in [-0.25, -0.2) is 9.78 Å². The van der Waals surface area contributed by atoms with E-state index in [1.54, 1.807) is 11.1 Å². The van der Waals surface area contributed by atoms with E-state index < -0.39 is 11.3 Å². The lowest BCUT2D eigenvalue weighted by Gasteiger charge is -2.37. The Labute approximate surface area is 226 Å². The quantitative estimate of drug-likeness (QED) is 0.475. The van der Waals surface area contributed by atoms with E-state index in [-0.39, 0.29) is 18.0 Å². The Kier molecular flexibility index (Phi) is 6.49. The van der Waals surface area contributed by atoms with Gasteiger partial charge in [0.05, 0.1) is 17.4 Å². The van der Waals surface area contributed by atoms with Crippen molar-refractivity contribution in [1.82, 2.24) is 20.5 Å². The number of aryl methyl sites for hydroxylation is 1. The fourth-order valence-electron chi connectivity index (χ4n) is 5.51. The fourth-order valence-corrected chi connectivity index (χ4v) is 6.75. The molecule has 0 bridgehead atoms. The number of para-hydroxylation sites is 1. The molecule has 3 aliphatic rings. The second kappa shape index (κ2) is 9.96. The molecule has 3 aromatic rings. The average Bonchev–Trinajstić information content (AvgIpc) is 3.27. The van der Waals surface area contributed by atoms with Crippen molar-refractivity contribution in [3.05, 3.63) is 71.9 Å². The van der Waals surface area contributed by atoms with Gasteiger partial charge in [0.15, 0.2) is 0 Å². The van der Waals surface area contributed by atoms with Crippen LogP contribution in [0.3, 0.4) is 0 Å². The molecular formula is C29H31N5O3S. The molecule has 38 heavy (non-hydrogen) atoms. The van der Waals surface area contributed by atoms with Gasteiger partial charge >= 0.3 is 6.03 Å². The number of hydrogen-bond acceptors (Lipinski definition) is 6. The van der Waals surface area contributed by atoms with E-state index in [1.165, 1.54) is 11.8 Å². The normalized spacial score (nSPS) is 24.5. The summed E-state index contributed by atoms with van der Waals surface area (Å²) < 4.78 is 5.98. The molecule has 0 aliphatic carbocycles. The molecule has 6 rings (SSSR count). The highest BCUT2D eigenvalue weighted by molar-refractivity contribution is 8.01. The number of piperidine rings is 1. The zero-order valence-corrected chi connectivity index (χ0v) is 22.5. The van der Waals surface area contributed by atoms with Crippen LogP contribution in [0.4, 0.5) is 16.2 Å². The van der Waals surface area contributed by atoms with Gasteiger partial charge in [0.1, 0.15) is 21.8 Å². The number of carbonyl (C=O) groups is 2. The molecule has 1 saturated heterocycles. The van der Waals surface area contributed by atoms with Gasteiger partial charge in [-0.3, -0.25) is 9.69 Å². The van der Waals surface area contributed by atoms with Crippen LogP contribution in [0.25, 0.3) is 0 Å². The predicted octanol–water partition coefficient (Wildman–Crippen LogP) is 5.16. The largest absolute Gasteiger partial charge is 0.457 e. The molecule has 1 aromatic heterocycles. The lowest BCUT2D eigenvalue weighted by Crippen LogP contribution is -2.53. The second-order valence-electron chi connectivity index (χ2n) is 10.3. The van der Waals surface area contributed by atoms with E-state index in [2.05, 4.69) is 34.5 Å². The first-order chi connectivity index (χ1) is 18.4. The number of benzene rings is 2. The van der Waals surface area contributed by atoms with Crippen LogP contribution >= 0.6 is 11.8 Å². The van der Waals surface area contributed by atoms with Crippen molar-refractivity contribution in [2.75, 3.05) is 18.5 Å². The minimum Gasteiger partial charge on any atom is -0.457 e. The molecule has 0 radical (unpaired) electrons. The molecular weight excluding hydrogens is 498 g/mol. The van der Waals surface area contributed by atoms with E-state index in [0.717, 1.165) is 52.7 Å². The third kappa shape index (κ3) is 4.50. The van der Waals surface area contributed by atoms with Gasteiger partial charge in [-0.05, 0) is 75.7 Å². The maximum Gasteiger partial charge on any atom is 0.327 e. The number of thioether (sulfide) groups is 1. The van der Waals surface area contributed by atoms with E-state index in [0.29, 0.717) is 11.8 Å². The van der Waals surface area contributed by atoms with Crippen LogP contribution in [0.1, 0.15) is 36.9 Å². The van der Waals surface area contributed by atoms with Crippen LogP contribution in [0, 0.1) is 6.92 Å². The molecule has 0 spiro atoms. The molecule has 2 aromatic carbocycles. The van der Waals surface area contributed by atoms with Crippen molar-refractivity contribution in [3.8, 4) is 11.5 Å². The molecule has 8 nitrogen and oxygen atoms in total. The van der Waals surface area contributed by atoms with Crippen molar-refractivity contribution in [2.45, 2.75) is 55.1 Å². The fraction of sp³-hybridized carbons (Fsp3) is 0.345. The molecule has 0 saturated carbocycles. The summed E-state index contributed by atoms with van der Waals surface area (Å²) in [6, 6.07) is 17.1. The van der Waals surface area contributed by atoms with Gasteiger partial charge in [0.25, 0.3) is 0 Å². The van der Waals surface area contributed by atoms with Gasteiger partial charge in [-0.15, -0.1) is 0 Å². The molecule has 3 amide bonds. The summed E-state index contributed by atoms with van der Waals surface area (Å²) in [4.78, 5) is 35.5. The monoisotopic (exact) mass is 529 g/mol. The number of anilines is 2. The van der Waals surface area contributed by atoms with Gasteiger partial charge in [0.2, 0.25) is 5.91 Å². The SMILES string of the molecule is Cc1cc(Oc2ccccc2)ccc1N1C(=O)NC2c3c1ccnc3SC2C(=O)NC1CCC(C)N(C)C1. The molecule has 9 heteroatoms. The van der Waals surface area contributed by atoms with Crippen LogP contribution in [0.5, 0.6) is 11.5 Å². The summed E-state index contributed by atoms with van der Waals surface area (Å²) in [7, 11) is 2.09. The number of likely N-dealkylation sites (tertiary alicyclic amines) is 1. The molecule has 196 valence electrons. The number of nitrogens with zero attached hydrogens (tertiary/aromatic N) is 3. The Balaban J connectivity index is 1.25. The predicted molar refractivity (Wildman–Crippen MR) is 148 cm³/mol. The summed E-state index contributed by atoms with van der Waals surface area (Å²) in [6.07, 6.45) is 3.72. The first kappa shape index (κ1) is 24.8. The summed E-state index contributed by atoms with van der Waals surface area (Å²) in [5.74, 6) is 1.40. The number of aromatic nitrogens is 1. The minimum absolute atomic E-state index is 0.0516. The van der Waals surface area contributed by atoms with E-state index in [1.807, 2.05) is 61.5 Å². The summed E-state index contributed by atoms with van der Waals surface area (Å²) in [5.41, 5.74) is 3.31. The van der Waals surface area contributed by atoms with E-state index >= 15 is 0 Å². The number of pyridine rings is 1. The van der Waals surface area contributed by atoms with Crippen LogP contribution in [-0.4, -0.2) is 52.7 Å². The Morgan fingerprint density at radius 3 is 2.68 bits per heavy atom. The molecule has 1 fully saturated rings. The topological polar surface area (TPSA) is 86.8 Å². The second-order valence-corrected chi connectivity index (χ2v) is 11.4. The summed E-state index contributed by atoms with van der Waals surface area (Å²) in [6.45, 7) is 5.00. The number of urea groups is 1. The standard InChI is InChI=1S/C29H31N5O3S/c1-17-15-21(37-20-7-5-4-6-8-20)11-12-22(17)34-23-13-14-30-28-24(23)25(32-29(34)36)26(38-28)27(35)31-19-10-9-18(2)33(3)16-19/h4-8,11-15,18-19,25-26H,9-10,16H2,1-3H3,(H,31,35)(H,32,36). The number of nitrogens with one attached hydrogen (secondary N) is 2. The highest BCUT2D eigenvalue weighted by Gasteiger charge is 2.47. The maximum atomic E-state index is 13.5. The first-order valence-corrected chi connectivity index (χ1v) is 13.9. The van der Waals surface area contributed by atoms with Crippen LogP contribution in [0.15, 0.2) is 65.8 Å². The van der Waals surface area contributed by atoms with Gasteiger partial charge in [-0.1, -0.05) is 30.0 Å². The Bertz CT molecular complexity index is 1380. The zero-order valence-electron chi connectivity index (χ0n) is 21.7. The summed E-state index contributed by atoms with van der Waals surface area (Å²) >= 11 is 1.43. The molecule has 4 heterocycles. The van der Waals surface area contributed by atoms with Gasteiger partial charge in [0, 0.05) is 30.4 Å². The van der Waals surface area contributed by atoms with Gasteiger partial charge < -0.3 is 20.3 Å². The maximum absolute atomic E-state index is 13.5. The number of rotatable bonds is 5. The van der Waals surface area contributed by atoms with Crippen molar-refractivity contribution >= 4 is 35.1 Å². The average molecular weight is 530 g/mol. The van der Waals surface area contributed by atoms with Crippen molar-refractivity contribution in [1.29, 1.82) is 0 Å². The molecule has 2 N–H and O–H groups in total. The van der Waals surface area contributed by atoms with Crippen molar-refractivity contribution in [3.63, 3.8) is 0 Å². The Morgan fingerprint density at radius 2 is 1.92 bits per heavy atom. The first-order valence-electron chi connectivity index (χ1n) is 13.0. The third-order valence-corrected chi connectivity index (χ3v) is 8.98. The third-order valence-electron chi connectivity index (χ3n) is 7.69. The number of amides is 3. The Hall–Kier alpha value is -3.56. The van der Waals surface area contributed by atoms with Crippen molar-refractivity contribution < 1.29 is 14.3 Å². The highest BCUT2D eigenvalue weighted by Crippen LogP contribution is 2.51. The van der Waals surface area contributed by atoms with Crippen molar-refractivity contribution in [2.24, 2.45) is 0 Å². The lowest BCUT2D eigenvalue weighted by atomic mass is 9.97. The molecule has 3 aliphatic heterocycles. The number of hydrogen-bond donors (Lipinski definition) is 2.